The molecule has 0 heterocycles. The number of benzene rings is 1. The Labute approximate surface area is 132 Å². The van der Waals surface area contributed by atoms with Crippen molar-refractivity contribution < 1.29 is 9.59 Å². The van der Waals surface area contributed by atoms with E-state index in [4.69, 9.17) is 0 Å². The second kappa shape index (κ2) is 7.43. The number of nitrogens with one attached hydrogen (secondary N) is 1. The Morgan fingerprint density at radius 2 is 1.82 bits per heavy atom. The molecule has 1 N–H and O–H groups in total. The molecule has 1 aliphatic rings. The highest BCUT2D eigenvalue weighted by molar-refractivity contribution is 5.97. The molecule has 1 aromatic rings. The topological polar surface area (TPSA) is 49.4 Å². The standard InChI is InChI=1S/C18H26N2O2/c1-13-8-10-15(11-9-13)20(3)17(21)12-19-18(22)16-7-5-4-6-14(16)2/h4-7,13,15H,8-12H2,1-3H3,(H,19,22). The predicted octanol–water partition coefficient (Wildman–Crippen LogP) is 2.76. The van der Waals surface area contributed by atoms with Crippen molar-refractivity contribution in [3.8, 4) is 0 Å². The minimum atomic E-state index is -0.183. The molecule has 0 saturated heterocycles. The van der Waals surface area contributed by atoms with Crippen LogP contribution < -0.4 is 5.32 Å². The molecule has 0 bridgehead atoms. The van der Waals surface area contributed by atoms with Crippen LogP contribution in [0, 0.1) is 12.8 Å². The molecule has 1 fully saturated rings. The second-order valence-corrected chi connectivity index (χ2v) is 6.42. The summed E-state index contributed by atoms with van der Waals surface area (Å²) < 4.78 is 0. The lowest BCUT2D eigenvalue weighted by Gasteiger charge is -2.33. The Hall–Kier alpha value is -1.84. The summed E-state index contributed by atoms with van der Waals surface area (Å²) in [5.74, 6) is 0.569. The van der Waals surface area contributed by atoms with Crippen molar-refractivity contribution in [3.05, 3.63) is 35.4 Å². The van der Waals surface area contributed by atoms with Gasteiger partial charge in [0.05, 0.1) is 6.54 Å². The Morgan fingerprint density at radius 1 is 1.18 bits per heavy atom. The predicted molar refractivity (Wildman–Crippen MR) is 87.7 cm³/mol. The molecule has 1 aromatic carbocycles. The van der Waals surface area contributed by atoms with Gasteiger partial charge in [0.2, 0.25) is 5.91 Å². The van der Waals surface area contributed by atoms with E-state index in [2.05, 4.69) is 12.2 Å². The van der Waals surface area contributed by atoms with Gasteiger partial charge in [-0.25, -0.2) is 0 Å². The maximum Gasteiger partial charge on any atom is 0.251 e. The van der Waals surface area contributed by atoms with Crippen LogP contribution in [-0.2, 0) is 4.79 Å². The van der Waals surface area contributed by atoms with Crippen LogP contribution in [0.3, 0.4) is 0 Å². The number of carbonyl (C=O) groups excluding carboxylic acids is 2. The third-order valence-corrected chi connectivity index (χ3v) is 4.72. The monoisotopic (exact) mass is 302 g/mol. The Balaban J connectivity index is 1.84. The second-order valence-electron chi connectivity index (χ2n) is 6.42. The number of carbonyl (C=O) groups is 2. The highest BCUT2D eigenvalue weighted by Crippen LogP contribution is 2.26. The van der Waals surface area contributed by atoms with Crippen molar-refractivity contribution in [3.63, 3.8) is 0 Å². The molecule has 0 atom stereocenters. The molecule has 0 spiro atoms. The summed E-state index contributed by atoms with van der Waals surface area (Å²) in [5, 5.41) is 2.74. The van der Waals surface area contributed by atoms with Gasteiger partial charge in [-0.3, -0.25) is 9.59 Å². The quantitative estimate of drug-likeness (QED) is 0.929. The first-order chi connectivity index (χ1) is 10.5. The van der Waals surface area contributed by atoms with E-state index in [-0.39, 0.29) is 18.4 Å². The summed E-state index contributed by atoms with van der Waals surface area (Å²) in [4.78, 5) is 26.2. The maximum atomic E-state index is 12.3. The molecule has 22 heavy (non-hydrogen) atoms. The average molecular weight is 302 g/mol. The van der Waals surface area contributed by atoms with Crippen molar-refractivity contribution in [2.45, 2.75) is 45.6 Å². The fraction of sp³-hybridized carbons (Fsp3) is 0.556. The summed E-state index contributed by atoms with van der Waals surface area (Å²) >= 11 is 0. The lowest BCUT2D eigenvalue weighted by Crippen LogP contribution is -2.44. The van der Waals surface area contributed by atoms with Crippen molar-refractivity contribution in [1.82, 2.24) is 10.2 Å². The van der Waals surface area contributed by atoms with Gasteiger partial charge in [-0.15, -0.1) is 0 Å². The number of amides is 2. The van der Waals surface area contributed by atoms with Gasteiger partial charge in [-0.05, 0) is 50.2 Å². The van der Waals surface area contributed by atoms with Crippen LogP contribution in [0.2, 0.25) is 0 Å². The fourth-order valence-corrected chi connectivity index (χ4v) is 3.04. The molecular formula is C18H26N2O2. The van der Waals surface area contributed by atoms with Crippen LogP contribution in [0.25, 0.3) is 0 Å². The lowest BCUT2D eigenvalue weighted by atomic mass is 9.87. The van der Waals surface area contributed by atoms with Gasteiger partial charge in [0.1, 0.15) is 0 Å². The van der Waals surface area contributed by atoms with E-state index >= 15 is 0 Å². The molecule has 4 nitrogen and oxygen atoms in total. The third kappa shape index (κ3) is 4.09. The van der Waals surface area contributed by atoms with Gasteiger partial charge in [0.25, 0.3) is 5.91 Å². The first-order valence-electron chi connectivity index (χ1n) is 8.08. The van der Waals surface area contributed by atoms with Gasteiger partial charge >= 0.3 is 0 Å². The molecule has 0 radical (unpaired) electrons. The zero-order valence-electron chi connectivity index (χ0n) is 13.8. The van der Waals surface area contributed by atoms with Crippen molar-refractivity contribution in [1.29, 1.82) is 0 Å². The van der Waals surface area contributed by atoms with E-state index in [0.29, 0.717) is 11.6 Å². The van der Waals surface area contributed by atoms with E-state index < -0.39 is 0 Å². The van der Waals surface area contributed by atoms with E-state index in [9.17, 15) is 9.59 Å². The Bertz CT molecular complexity index is 534. The van der Waals surface area contributed by atoms with Gasteiger partial charge in [0.15, 0.2) is 0 Å². The van der Waals surface area contributed by atoms with Crippen LogP contribution in [0.15, 0.2) is 24.3 Å². The van der Waals surface area contributed by atoms with Gasteiger partial charge in [-0.1, -0.05) is 25.1 Å². The summed E-state index contributed by atoms with van der Waals surface area (Å²) in [6.45, 7) is 4.22. The molecule has 4 heteroatoms. The number of aryl methyl sites for hydroxylation is 1. The summed E-state index contributed by atoms with van der Waals surface area (Å²) in [7, 11) is 1.85. The van der Waals surface area contributed by atoms with E-state index in [1.807, 2.05) is 37.1 Å². The minimum absolute atomic E-state index is 0.0125. The number of hydrogen-bond donors (Lipinski definition) is 1. The zero-order chi connectivity index (χ0) is 16.1. The summed E-state index contributed by atoms with van der Waals surface area (Å²) in [6.07, 6.45) is 4.49. The van der Waals surface area contributed by atoms with Gasteiger partial charge in [0, 0.05) is 18.7 Å². The number of rotatable bonds is 4. The molecule has 0 aliphatic heterocycles. The summed E-state index contributed by atoms with van der Waals surface area (Å²) in [5.41, 5.74) is 1.55. The van der Waals surface area contributed by atoms with Crippen molar-refractivity contribution in [2.24, 2.45) is 5.92 Å². The van der Waals surface area contributed by atoms with Crippen LogP contribution >= 0.6 is 0 Å². The Morgan fingerprint density at radius 3 is 2.45 bits per heavy atom. The first kappa shape index (κ1) is 16.5. The maximum absolute atomic E-state index is 12.3. The van der Waals surface area contributed by atoms with E-state index in [1.54, 1.807) is 6.07 Å². The average Bonchev–Trinajstić information content (AvgIpc) is 2.52. The molecule has 1 saturated carbocycles. The smallest absolute Gasteiger partial charge is 0.251 e. The van der Waals surface area contributed by atoms with Gasteiger partial charge < -0.3 is 10.2 Å². The molecular weight excluding hydrogens is 276 g/mol. The van der Waals surface area contributed by atoms with Crippen LogP contribution in [-0.4, -0.2) is 36.3 Å². The van der Waals surface area contributed by atoms with Crippen molar-refractivity contribution >= 4 is 11.8 Å². The minimum Gasteiger partial charge on any atom is -0.343 e. The zero-order valence-corrected chi connectivity index (χ0v) is 13.8. The highest BCUT2D eigenvalue weighted by Gasteiger charge is 2.24. The summed E-state index contributed by atoms with van der Waals surface area (Å²) in [6, 6.07) is 7.72. The molecule has 0 unspecified atom stereocenters. The van der Waals surface area contributed by atoms with Gasteiger partial charge in [-0.2, -0.15) is 0 Å². The number of nitrogens with zero attached hydrogens (tertiary/aromatic N) is 1. The van der Waals surface area contributed by atoms with E-state index in [0.717, 1.165) is 24.3 Å². The molecule has 1 aliphatic carbocycles. The molecule has 0 aromatic heterocycles. The largest absolute Gasteiger partial charge is 0.343 e. The van der Waals surface area contributed by atoms with Crippen LogP contribution in [0.1, 0.15) is 48.5 Å². The molecule has 120 valence electrons. The molecule has 2 amide bonds. The van der Waals surface area contributed by atoms with Crippen LogP contribution in [0.4, 0.5) is 0 Å². The normalized spacial score (nSPS) is 21.2. The van der Waals surface area contributed by atoms with Crippen molar-refractivity contribution in [2.75, 3.05) is 13.6 Å². The lowest BCUT2D eigenvalue weighted by molar-refractivity contribution is -0.131. The number of likely N-dealkylation sites (N-methyl/N-ethyl adjacent to an activating group) is 1. The SMILES string of the molecule is Cc1ccccc1C(=O)NCC(=O)N(C)C1CCC(C)CC1. The fourth-order valence-electron chi connectivity index (χ4n) is 3.04. The number of hydrogen-bond acceptors (Lipinski definition) is 2. The highest BCUT2D eigenvalue weighted by atomic mass is 16.2. The molecule has 2 rings (SSSR count). The Kier molecular flexibility index (Phi) is 5.58. The van der Waals surface area contributed by atoms with E-state index in [1.165, 1.54) is 12.8 Å². The first-order valence-corrected chi connectivity index (χ1v) is 8.08. The van der Waals surface area contributed by atoms with Crippen LogP contribution in [0.5, 0.6) is 0 Å². The third-order valence-electron chi connectivity index (χ3n) is 4.72.